The van der Waals surface area contributed by atoms with Crippen molar-refractivity contribution < 1.29 is 0 Å². The van der Waals surface area contributed by atoms with Crippen LogP contribution >= 0.6 is 15.9 Å². The van der Waals surface area contributed by atoms with E-state index >= 15 is 0 Å². The summed E-state index contributed by atoms with van der Waals surface area (Å²) in [7, 11) is 0. The highest BCUT2D eigenvalue weighted by atomic mass is 79.9. The number of hydrogen-bond donors (Lipinski definition) is 0. The van der Waals surface area contributed by atoms with Gasteiger partial charge in [-0.25, -0.2) is 0 Å². The maximum atomic E-state index is 9.10. The van der Waals surface area contributed by atoms with E-state index in [1.165, 1.54) is 24.9 Å². The minimum absolute atomic E-state index is 0.394. The Morgan fingerprint density at radius 2 is 1.95 bits per heavy atom. The summed E-state index contributed by atoms with van der Waals surface area (Å²) in [6.07, 6.45) is 3.77. The number of benzene rings is 1. The van der Waals surface area contributed by atoms with Gasteiger partial charge in [-0.05, 0) is 48.8 Å². The maximum absolute atomic E-state index is 9.10. The molecule has 1 fully saturated rings. The molecule has 108 valence electrons. The van der Waals surface area contributed by atoms with Crippen molar-refractivity contribution in [2.24, 2.45) is 11.3 Å². The third-order valence-electron chi connectivity index (χ3n) is 4.33. The Hall–Kier alpha value is -1.01. The predicted octanol–water partition coefficient (Wildman–Crippen LogP) is 4.97. The zero-order chi connectivity index (χ0) is 14.8. The van der Waals surface area contributed by atoms with E-state index in [9.17, 15) is 0 Å². The van der Waals surface area contributed by atoms with E-state index in [1.807, 2.05) is 12.1 Å². The minimum Gasteiger partial charge on any atom is -0.371 e. The van der Waals surface area contributed by atoms with Gasteiger partial charge in [-0.2, -0.15) is 5.26 Å². The molecule has 0 amide bonds. The van der Waals surface area contributed by atoms with E-state index in [2.05, 4.69) is 53.7 Å². The molecule has 0 aliphatic carbocycles. The summed E-state index contributed by atoms with van der Waals surface area (Å²) < 4.78 is 0.989. The van der Waals surface area contributed by atoms with Gasteiger partial charge >= 0.3 is 0 Å². The van der Waals surface area contributed by atoms with Gasteiger partial charge in [0.15, 0.2) is 0 Å². The highest BCUT2D eigenvalue weighted by molar-refractivity contribution is 9.10. The second-order valence-electron chi connectivity index (χ2n) is 6.79. The van der Waals surface area contributed by atoms with Gasteiger partial charge in [-0.15, -0.1) is 0 Å². The Labute approximate surface area is 130 Å². The zero-order valence-corrected chi connectivity index (χ0v) is 14.2. The standard InChI is InChI=1S/C17H23BrN2/c1-17(2,3)14-5-4-7-20(8-6-14)16-10-13(12-19)9-15(18)11-16/h9-11,14H,4-8H2,1-3H3. The molecule has 1 atom stereocenters. The molecule has 2 rings (SSSR count). The highest BCUT2D eigenvalue weighted by Crippen LogP contribution is 2.35. The first kappa shape index (κ1) is 15.4. The van der Waals surface area contributed by atoms with Crippen LogP contribution in [0.1, 0.15) is 45.6 Å². The van der Waals surface area contributed by atoms with E-state index in [0.717, 1.165) is 29.0 Å². The van der Waals surface area contributed by atoms with Crippen molar-refractivity contribution in [2.45, 2.75) is 40.0 Å². The van der Waals surface area contributed by atoms with Gasteiger partial charge in [-0.3, -0.25) is 0 Å². The second-order valence-corrected chi connectivity index (χ2v) is 7.71. The fourth-order valence-corrected chi connectivity index (χ4v) is 3.52. The molecule has 0 aromatic heterocycles. The third-order valence-corrected chi connectivity index (χ3v) is 4.79. The van der Waals surface area contributed by atoms with Crippen molar-refractivity contribution in [3.8, 4) is 6.07 Å². The molecule has 0 bridgehead atoms. The Bertz CT molecular complexity index is 511. The SMILES string of the molecule is CC(C)(C)C1CCCN(c2cc(Br)cc(C#N)c2)CC1. The van der Waals surface area contributed by atoms with Crippen LogP contribution in [0, 0.1) is 22.7 Å². The van der Waals surface area contributed by atoms with E-state index < -0.39 is 0 Å². The van der Waals surface area contributed by atoms with Crippen LogP contribution in [-0.4, -0.2) is 13.1 Å². The summed E-state index contributed by atoms with van der Waals surface area (Å²) in [5, 5.41) is 9.10. The third kappa shape index (κ3) is 3.76. The lowest BCUT2D eigenvalue weighted by Gasteiger charge is -2.30. The summed E-state index contributed by atoms with van der Waals surface area (Å²) in [4.78, 5) is 2.43. The number of halogens is 1. The van der Waals surface area contributed by atoms with Gasteiger partial charge in [0.25, 0.3) is 0 Å². The van der Waals surface area contributed by atoms with Crippen LogP contribution in [0.15, 0.2) is 22.7 Å². The molecule has 0 N–H and O–H groups in total. The first-order valence-corrected chi connectivity index (χ1v) is 8.15. The number of hydrogen-bond acceptors (Lipinski definition) is 2. The average molecular weight is 335 g/mol. The minimum atomic E-state index is 0.394. The molecule has 0 radical (unpaired) electrons. The fourth-order valence-electron chi connectivity index (χ4n) is 3.04. The topological polar surface area (TPSA) is 27.0 Å². The molecule has 1 saturated heterocycles. The van der Waals surface area contributed by atoms with Gasteiger partial charge in [0.1, 0.15) is 0 Å². The Balaban J connectivity index is 2.15. The molecule has 1 aromatic carbocycles. The largest absolute Gasteiger partial charge is 0.371 e. The number of nitriles is 1. The van der Waals surface area contributed by atoms with Crippen molar-refractivity contribution in [3.63, 3.8) is 0 Å². The van der Waals surface area contributed by atoms with Crippen LogP contribution in [0.25, 0.3) is 0 Å². The summed E-state index contributed by atoms with van der Waals surface area (Å²) >= 11 is 3.51. The summed E-state index contributed by atoms with van der Waals surface area (Å²) in [5.41, 5.74) is 2.29. The van der Waals surface area contributed by atoms with Crippen LogP contribution in [0.3, 0.4) is 0 Å². The van der Waals surface area contributed by atoms with Crippen LogP contribution in [0.5, 0.6) is 0 Å². The second kappa shape index (κ2) is 6.18. The Kier molecular flexibility index (Phi) is 4.75. The normalized spacial score (nSPS) is 20.4. The summed E-state index contributed by atoms with van der Waals surface area (Å²) in [6.45, 7) is 9.22. The quantitative estimate of drug-likeness (QED) is 0.724. The molecule has 20 heavy (non-hydrogen) atoms. The molecular formula is C17H23BrN2. The van der Waals surface area contributed by atoms with Gasteiger partial charge in [0, 0.05) is 23.2 Å². The Morgan fingerprint density at radius 3 is 2.60 bits per heavy atom. The van der Waals surface area contributed by atoms with E-state index in [1.54, 1.807) is 0 Å². The molecule has 3 heteroatoms. The molecule has 0 spiro atoms. The lowest BCUT2D eigenvalue weighted by Crippen LogP contribution is -2.26. The molecule has 1 aliphatic heterocycles. The van der Waals surface area contributed by atoms with Gasteiger partial charge in [0.05, 0.1) is 11.6 Å². The lowest BCUT2D eigenvalue weighted by molar-refractivity contribution is 0.220. The van der Waals surface area contributed by atoms with Crippen molar-refractivity contribution >= 4 is 21.6 Å². The maximum Gasteiger partial charge on any atom is 0.0992 e. The molecule has 0 saturated carbocycles. The van der Waals surface area contributed by atoms with E-state index in [4.69, 9.17) is 5.26 Å². The van der Waals surface area contributed by atoms with Gasteiger partial charge in [0.2, 0.25) is 0 Å². The molecule has 1 unspecified atom stereocenters. The highest BCUT2D eigenvalue weighted by Gasteiger charge is 2.27. The molecular weight excluding hydrogens is 312 g/mol. The fraction of sp³-hybridized carbons (Fsp3) is 0.588. The van der Waals surface area contributed by atoms with Gasteiger partial charge in [-0.1, -0.05) is 36.7 Å². The molecule has 2 nitrogen and oxygen atoms in total. The smallest absolute Gasteiger partial charge is 0.0992 e. The lowest BCUT2D eigenvalue weighted by atomic mass is 9.77. The van der Waals surface area contributed by atoms with Crippen molar-refractivity contribution in [2.75, 3.05) is 18.0 Å². The number of anilines is 1. The first-order valence-electron chi connectivity index (χ1n) is 7.36. The number of nitrogens with zero attached hydrogens (tertiary/aromatic N) is 2. The predicted molar refractivity (Wildman–Crippen MR) is 87.9 cm³/mol. The molecule has 1 heterocycles. The van der Waals surface area contributed by atoms with E-state index in [-0.39, 0.29) is 0 Å². The van der Waals surface area contributed by atoms with Crippen LogP contribution in [-0.2, 0) is 0 Å². The molecule has 1 aliphatic rings. The molecule has 1 aromatic rings. The Morgan fingerprint density at radius 1 is 1.20 bits per heavy atom. The van der Waals surface area contributed by atoms with Crippen LogP contribution in [0.4, 0.5) is 5.69 Å². The van der Waals surface area contributed by atoms with Crippen molar-refractivity contribution in [3.05, 3.63) is 28.2 Å². The van der Waals surface area contributed by atoms with Crippen molar-refractivity contribution in [1.29, 1.82) is 5.26 Å². The monoisotopic (exact) mass is 334 g/mol. The zero-order valence-electron chi connectivity index (χ0n) is 12.6. The number of rotatable bonds is 1. The summed E-state index contributed by atoms with van der Waals surface area (Å²) in [6, 6.07) is 8.24. The van der Waals surface area contributed by atoms with Crippen LogP contribution < -0.4 is 4.90 Å². The van der Waals surface area contributed by atoms with Crippen LogP contribution in [0.2, 0.25) is 0 Å². The summed E-state index contributed by atoms with van der Waals surface area (Å²) in [5.74, 6) is 0.787. The van der Waals surface area contributed by atoms with Gasteiger partial charge < -0.3 is 4.90 Å². The van der Waals surface area contributed by atoms with E-state index in [0.29, 0.717) is 5.41 Å². The first-order chi connectivity index (χ1) is 9.40. The van der Waals surface area contributed by atoms with Crippen molar-refractivity contribution in [1.82, 2.24) is 0 Å². The average Bonchev–Trinajstić information content (AvgIpc) is 2.63.